The van der Waals surface area contributed by atoms with Gasteiger partial charge in [0.05, 0.1) is 11.6 Å². The Labute approximate surface area is 122 Å². The van der Waals surface area contributed by atoms with Crippen LogP contribution < -0.4 is 10.1 Å². The summed E-state index contributed by atoms with van der Waals surface area (Å²) in [4.78, 5) is 11.2. The first-order valence-corrected chi connectivity index (χ1v) is 7.10. The second-order valence-electron chi connectivity index (χ2n) is 4.38. The lowest BCUT2D eigenvalue weighted by Gasteiger charge is -2.15. The van der Waals surface area contributed by atoms with Gasteiger partial charge in [-0.3, -0.25) is 4.79 Å². The van der Waals surface area contributed by atoms with Crippen molar-refractivity contribution >= 4 is 21.8 Å². The quantitative estimate of drug-likeness (QED) is 0.805. The number of nitrogens with one attached hydrogen (secondary N) is 1. The summed E-state index contributed by atoms with van der Waals surface area (Å²) in [6.45, 7) is 2.35. The van der Waals surface area contributed by atoms with Crippen molar-refractivity contribution < 1.29 is 14.6 Å². The molecule has 0 saturated carbocycles. The number of hydrogen-bond acceptors (Lipinski definition) is 3. The molecule has 0 unspecified atom stereocenters. The topological polar surface area (TPSA) is 58.6 Å². The lowest BCUT2D eigenvalue weighted by Crippen LogP contribution is -2.31. The van der Waals surface area contributed by atoms with Gasteiger partial charge in [0.1, 0.15) is 5.75 Å². The molecule has 0 radical (unpaired) electrons. The number of ether oxygens (including phenoxy) is 1. The van der Waals surface area contributed by atoms with Crippen LogP contribution in [0, 0.1) is 5.92 Å². The maximum atomic E-state index is 11.2. The Balaban J connectivity index is 2.60. The van der Waals surface area contributed by atoms with Crippen LogP contribution in [0.1, 0.15) is 18.9 Å². The predicted octanol–water partition coefficient (Wildman–Crippen LogP) is 2.13. The third-order valence-electron chi connectivity index (χ3n) is 2.91. The number of benzene rings is 1. The minimum absolute atomic E-state index is 0.00867. The van der Waals surface area contributed by atoms with E-state index in [9.17, 15) is 9.90 Å². The molecule has 1 aromatic rings. The van der Waals surface area contributed by atoms with Gasteiger partial charge in [0.15, 0.2) is 0 Å². The maximum absolute atomic E-state index is 11.2. The molecule has 5 heteroatoms. The Morgan fingerprint density at radius 2 is 2.26 bits per heavy atom. The van der Waals surface area contributed by atoms with Crippen molar-refractivity contribution in [1.29, 1.82) is 0 Å². The number of aliphatic hydroxyl groups is 1. The van der Waals surface area contributed by atoms with E-state index in [1.807, 2.05) is 25.1 Å². The van der Waals surface area contributed by atoms with Crippen molar-refractivity contribution in [3.8, 4) is 5.75 Å². The molecule has 19 heavy (non-hydrogen) atoms. The molecule has 0 saturated heterocycles. The molecule has 0 aliphatic heterocycles. The summed E-state index contributed by atoms with van der Waals surface area (Å²) in [6, 6.07) is 5.83. The Bertz CT molecular complexity index is 423. The highest BCUT2D eigenvalue weighted by Gasteiger charge is 2.11. The molecule has 0 aromatic heterocycles. The molecule has 0 aliphatic rings. The van der Waals surface area contributed by atoms with Gasteiger partial charge < -0.3 is 15.2 Å². The zero-order chi connectivity index (χ0) is 14.3. The highest BCUT2D eigenvalue weighted by molar-refractivity contribution is 9.10. The highest BCUT2D eigenvalue weighted by Crippen LogP contribution is 2.26. The van der Waals surface area contributed by atoms with Gasteiger partial charge in [-0.2, -0.15) is 0 Å². The normalized spacial score (nSPS) is 12.0. The SMILES string of the molecule is CCC(=O)NC[C@@H](CO)Cc1ccc(OC)c(Br)c1. The summed E-state index contributed by atoms with van der Waals surface area (Å²) in [6.07, 6.45) is 1.18. The molecule has 1 atom stereocenters. The number of carbonyl (C=O) groups is 1. The van der Waals surface area contributed by atoms with E-state index in [4.69, 9.17) is 4.74 Å². The minimum atomic E-state index is 0.00867. The standard InChI is InChI=1S/C14H20BrNO3/c1-3-14(18)16-8-11(9-17)6-10-4-5-13(19-2)12(15)7-10/h4-5,7,11,17H,3,6,8-9H2,1-2H3,(H,16,18)/t11-/m0/s1. The monoisotopic (exact) mass is 329 g/mol. The average molecular weight is 330 g/mol. The van der Waals surface area contributed by atoms with Crippen LogP contribution in [0.25, 0.3) is 0 Å². The van der Waals surface area contributed by atoms with Crippen LogP contribution >= 0.6 is 15.9 Å². The highest BCUT2D eigenvalue weighted by atomic mass is 79.9. The number of methoxy groups -OCH3 is 1. The van der Waals surface area contributed by atoms with Crippen LogP contribution in [0.3, 0.4) is 0 Å². The van der Waals surface area contributed by atoms with E-state index in [0.717, 1.165) is 15.8 Å². The Morgan fingerprint density at radius 1 is 1.53 bits per heavy atom. The first-order valence-electron chi connectivity index (χ1n) is 6.30. The van der Waals surface area contributed by atoms with E-state index in [-0.39, 0.29) is 18.4 Å². The first kappa shape index (κ1) is 16.0. The molecule has 1 rings (SSSR count). The zero-order valence-electron chi connectivity index (χ0n) is 11.3. The summed E-state index contributed by atoms with van der Waals surface area (Å²) in [5.74, 6) is 0.814. The number of carbonyl (C=O) groups excluding carboxylic acids is 1. The van der Waals surface area contributed by atoms with Gasteiger partial charge in [-0.1, -0.05) is 13.0 Å². The van der Waals surface area contributed by atoms with E-state index in [1.54, 1.807) is 7.11 Å². The third kappa shape index (κ3) is 5.20. The van der Waals surface area contributed by atoms with Crippen LogP contribution in [0.4, 0.5) is 0 Å². The molecule has 4 nitrogen and oxygen atoms in total. The Hall–Kier alpha value is -1.07. The second kappa shape index (κ2) is 8.17. The minimum Gasteiger partial charge on any atom is -0.496 e. The van der Waals surface area contributed by atoms with Gasteiger partial charge >= 0.3 is 0 Å². The fourth-order valence-electron chi connectivity index (χ4n) is 1.75. The number of halogens is 1. The van der Waals surface area contributed by atoms with Crippen LogP contribution in [-0.4, -0.2) is 31.3 Å². The number of amides is 1. The van der Waals surface area contributed by atoms with Crippen LogP contribution in [0.2, 0.25) is 0 Å². The molecule has 1 aromatic carbocycles. The lowest BCUT2D eigenvalue weighted by atomic mass is 10.00. The van der Waals surface area contributed by atoms with E-state index >= 15 is 0 Å². The molecule has 0 heterocycles. The van der Waals surface area contributed by atoms with E-state index in [1.165, 1.54) is 0 Å². The number of aliphatic hydroxyl groups excluding tert-OH is 1. The van der Waals surface area contributed by atoms with E-state index in [2.05, 4.69) is 21.2 Å². The molecular weight excluding hydrogens is 310 g/mol. The largest absolute Gasteiger partial charge is 0.496 e. The molecule has 0 bridgehead atoms. The zero-order valence-corrected chi connectivity index (χ0v) is 12.9. The van der Waals surface area contributed by atoms with Crippen molar-refractivity contribution in [3.05, 3.63) is 28.2 Å². The molecule has 0 spiro atoms. The molecule has 0 fully saturated rings. The molecule has 0 aliphatic carbocycles. The van der Waals surface area contributed by atoms with Crippen LogP contribution in [0.5, 0.6) is 5.75 Å². The fourth-order valence-corrected chi connectivity index (χ4v) is 2.34. The Morgan fingerprint density at radius 3 is 2.79 bits per heavy atom. The summed E-state index contributed by atoms with van der Waals surface area (Å²) in [5, 5.41) is 12.2. The van der Waals surface area contributed by atoms with Crippen molar-refractivity contribution in [2.24, 2.45) is 5.92 Å². The average Bonchev–Trinajstić information content (AvgIpc) is 2.43. The smallest absolute Gasteiger partial charge is 0.219 e. The van der Waals surface area contributed by atoms with Crippen molar-refractivity contribution in [2.45, 2.75) is 19.8 Å². The van der Waals surface area contributed by atoms with Crippen molar-refractivity contribution in [1.82, 2.24) is 5.32 Å². The maximum Gasteiger partial charge on any atom is 0.219 e. The summed E-state index contributed by atoms with van der Waals surface area (Å²) in [5.41, 5.74) is 1.09. The fraction of sp³-hybridized carbons (Fsp3) is 0.500. The first-order chi connectivity index (χ1) is 9.10. The van der Waals surface area contributed by atoms with Gasteiger partial charge in [0.2, 0.25) is 5.91 Å². The molecule has 1 amide bonds. The van der Waals surface area contributed by atoms with Crippen LogP contribution in [0.15, 0.2) is 22.7 Å². The molecule has 106 valence electrons. The third-order valence-corrected chi connectivity index (χ3v) is 3.53. The number of hydrogen-bond donors (Lipinski definition) is 2. The van der Waals surface area contributed by atoms with E-state index < -0.39 is 0 Å². The summed E-state index contributed by atoms with van der Waals surface area (Å²) in [7, 11) is 1.62. The molecule has 2 N–H and O–H groups in total. The van der Waals surface area contributed by atoms with Crippen LogP contribution in [-0.2, 0) is 11.2 Å². The summed E-state index contributed by atoms with van der Waals surface area (Å²) < 4.78 is 6.06. The van der Waals surface area contributed by atoms with E-state index in [0.29, 0.717) is 19.4 Å². The van der Waals surface area contributed by atoms with Gasteiger partial charge in [-0.25, -0.2) is 0 Å². The van der Waals surface area contributed by atoms with Gasteiger partial charge in [0.25, 0.3) is 0 Å². The van der Waals surface area contributed by atoms with Crippen molar-refractivity contribution in [2.75, 3.05) is 20.3 Å². The lowest BCUT2D eigenvalue weighted by molar-refractivity contribution is -0.121. The predicted molar refractivity (Wildman–Crippen MR) is 78.3 cm³/mol. The second-order valence-corrected chi connectivity index (χ2v) is 5.23. The van der Waals surface area contributed by atoms with Gasteiger partial charge in [-0.15, -0.1) is 0 Å². The summed E-state index contributed by atoms with van der Waals surface area (Å²) >= 11 is 3.44. The van der Waals surface area contributed by atoms with Gasteiger partial charge in [-0.05, 0) is 40.0 Å². The number of rotatable bonds is 7. The van der Waals surface area contributed by atoms with Crippen molar-refractivity contribution in [3.63, 3.8) is 0 Å². The molecular formula is C14H20BrNO3. The van der Waals surface area contributed by atoms with Gasteiger partial charge in [0, 0.05) is 25.5 Å². The Kier molecular flexibility index (Phi) is 6.87.